The van der Waals surface area contributed by atoms with Gasteiger partial charge in [0.1, 0.15) is 0 Å². The molecule has 2 heterocycles. The molecule has 1 fully saturated rings. The number of ether oxygens (including phenoxy) is 2. The third kappa shape index (κ3) is 3.32. The van der Waals surface area contributed by atoms with Gasteiger partial charge in [0.05, 0.1) is 4.47 Å². The van der Waals surface area contributed by atoms with Crippen molar-refractivity contribution in [1.82, 2.24) is 10.6 Å². The Kier molecular flexibility index (Phi) is 4.35. The van der Waals surface area contributed by atoms with Gasteiger partial charge in [0.2, 0.25) is 12.7 Å². The first-order valence-corrected chi connectivity index (χ1v) is 8.02. The molecule has 0 bridgehead atoms. The van der Waals surface area contributed by atoms with Gasteiger partial charge in [0.25, 0.3) is 0 Å². The Balaban J connectivity index is 1.60. The maximum atomic E-state index is 12.2. The van der Waals surface area contributed by atoms with E-state index < -0.39 is 0 Å². The number of hydrogen-bond donors (Lipinski definition) is 2. The molecule has 21 heavy (non-hydrogen) atoms. The Labute approximate surface area is 132 Å². The fourth-order valence-corrected chi connectivity index (χ4v) is 3.43. The molecule has 2 N–H and O–H groups in total. The lowest BCUT2D eigenvalue weighted by atomic mass is 9.92. The van der Waals surface area contributed by atoms with Gasteiger partial charge >= 0.3 is 0 Å². The predicted octanol–water partition coefficient (Wildman–Crippen LogP) is 2.18. The Morgan fingerprint density at radius 2 is 2.33 bits per heavy atom. The zero-order chi connectivity index (χ0) is 14.8. The van der Waals surface area contributed by atoms with Gasteiger partial charge in [-0.1, -0.05) is 0 Å². The normalized spacial score (nSPS) is 23.9. The second kappa shape index (κ2) is 6.23. The van der Waals surface area contributed by atoms with Crippen LogP contribution in [0.15, 0.2) is 16.6 Å². The molecule has 2 aliphatic heterocycles. The summed E-state index contributed by atoms with van der Waals surface area (Å²) in [4.78, 5) is 12.2. The number of amides is 1. The lowest BCUT2D eigenvalue weighted by molar-refractivity contribution is -0.126. The second-order valence-corrected chi connectivity index (χ2v) is 6.46. The number of fused-ring (bicyclic) bond motifs is 1. The van der Waals surface area contributed by atoms with Crippen LogP contribution >= 0.6 is 15.9 Å². The van der Waals surface area contributed by atoms with E-state index in [0.717, 1.165) is 40.9 Å². The molecule has 114 valence electrons. The molecule has 0 aliphatic carbocycles. The topological polar surface area (TPSA) is 59.6 Å². The van der Waals surface area contributed by atoms with Crippen LogP contribution in [0.3, 0.4) is 0 Å². The van der Waals surface area contributed by atoms with E-state index in [2.05, 4.69) is 33.5 Å². The third-order valence-electron chi connectivity index (χ3n) is 3.95. The largest absolute Gasteiger partial charge is 0.454 e. The number of hydrogen-bond acceptors (Lipinski definition) is 4. The number of piperidine rings is 1. The van der Waals surface area contributed by atoms with Crippen LogP contribution in [0.4, 0.5) is 0 Å². The quantitative estimate of drug-likeness (QED) is 0.873. The monoisotopic (exact) mass is 354 g/mol. The first-order chi connectivity index (χ1) is 10.1. The lowest BCUT2D eigenvalue weighted by Gasteiger charge is -2.27. The first-order valence-electron chi connectivity index (χ1n) is 7.22. The molecule has 0 unspecified atom stereocenters. The highest BCUT2D eigenvalue weighted by Crippen LogP contribution is 2.39. The van der Waals surface area contributed by atoms with E-state index in [0.29, 0.717) is 12.6 Å². The van der Waals surface area contributed by atoms with Crippen molar-refractivity contribution in [1.29, 1.82) is 0 Å². The van der Waals surface area contributed by atoms with Crippen molar-refractivity contribution < 1.29 is 14.3 Å². The van der Waals surface area contributed by atoms with Gasteiger partial charge in [0.15, 0.2) is 11.5 Å². The van der Waals surface area contributed by atoms with Crippen LogP contribution in [0.2, 0.25) is 0 Å². The molecule has 1 amide bonds. The molecule has 3 rings (SSSR count). The van der Waals surface area contributed by atoms with Crippen LogP contribution in [0.1, 0.15) is 25.3 Å². The van der Waals surface area contributed by atoms with Crippen molar-refractivity contribution in [3.8, 4) is 11.5 Å². The highest BCUT2D eigenvalue weighted by Gasteiger charge is 2.24. The summed E-state index contributed by atoms with van der Waals surface area (Å²) in [5.41, 5.74) is 1.00. The van der Waals surface area contributed by atoms with Crippen molar-refractivity contribution in [2.45, 2.75) is 32.4 Å². The molecule has 0 aromatic heterocycles. The SMILES string of the molecule is C[C@H]1C[C@@H](C(=O)NCc2cc(Br)c3c(c2)OCO3)CCN1. The van der Waals surface area contributed by atoms with Gasteiger partial charge in [-0.2, -0.15) is 0 Å². The number of carbonyl (C=O) groups excluding carboxylic acids is 1. The summed E-state index contributed by atoms with van der Waals surface area (Å²) >= 11 is 3.46. The highest BCUT2D eigenvalue weighted by molar-refractivity contribution is 9.10. The van der Waals surface area contributed by atoms with Crippen LogP contribution in [0.5, 0.6) is 11.5 Å². The average Bonchev–Trinajstić information content (AvgIpc) is 2.93. The summed E-state index contributed by atoms with van der Waals surface area (Å²) in [6.45, 7) is 3.78. The van der Waals surface area contributed by atoms with Crippen molar-refractivity contribution in [3.05, 3.63) is 22.2 Å². The summed E-state index contributed by atoms with van der Waals surface area (Å²) in [6, 6.07) is 4.28. The van der Waals surface area contributed by atoms with E-state index in [9.17, 15) is 4.79 Å². The zero-order valence-corrected chi connectivity index (χ0v) is 13.5. The van der Waals surface area contributed by atoms with E-state index >= 15 is 0 Å². The van der Waals surface area contributed by atoms with Crippen LogP contribution < -0.4 is 20.1 Å². The maximum Gasteiger partial charge on any atom is 0.231 e. The Morgan fingerprint density at radius 3 is 3.14 bits per heavy atom. The fraction of sp³-hybridized carbons (Fsp3) is 0.533. The highest BCUT2D eigenvalue weighted by atomic mass is 79.9. The summed E-state index contributed by atoms with van der Waals surface area (Å²) < 4.78 is 11.6. The van der Waals surface area contributed by atoms with Gasteiger partial charge in [0, 0.05) is 18.5 Å². The van der Waals surface area contributed by atoms with Crippen LogP contribution in [-0.4, -0.2) is 25.3 Å². The second-order valence-electron chi connectivity index (χ2n) is 5.61. The van der Waals surface area contributed by atoms with Gasteiger partial charge in [-0.05, 0) is 59.9 Å². The smallest absolute Gasteiger partial charge is 0.231 e. The van der Waals surface area contributed by atoms with Gasteiger partial charge in [-0.25, -0.2) is 0 Å². The van der Waals surface area contributed by atoms with Crippen molar-refractivity contribution in [2.24, 2.45) is 5.92 Å². The van der Waals surface area contributed by atoms with E-state index in [1.54, 1.807) is 0 Å². The number of halogens is 1. The maximum absolute atomic E-state index is 12.2. The van der Waals surface area contributed by atoms with E-state index in [-0.39, 0.29) is 18.6 Å². The minimum atomic E-state index is 0.110. The van der Waals surface area contributed by atoms with Gasteiger partial charge in [-0.3, -0.25) is 4.79 Å². The summed E-state index contributed by atoms with van der Waals surface area (Å²) in [5.74, 6) is 1.71. The zero-order valence-electron chi connectivity index (χ0n) is 11.9. The number of nitrogens with one attached hydrogen (secondary N) is 2. The molecular formula is C15H19BrN2O3. The van der Waals surface area contributed by atoms with Crippen LogP contribution in [0.25, 0.3) is 0 Å². The Morgan fingerprint density at radius 1 is 1.48 bits per heavy atom. The summed E-state index contributed by atoms with van der Waals surface area (Å²) in [7, 11) is 0. The molecule has 0 saturated carbocycles. The number of rotatable bonds is 3. The molecule has 6 heteroatoms. The molecule has 2 atom stereocenters. The van der Waals surface area contributed by atoms with Crippen LogP contribution in [-0.2, 0) is 11.3 Å². The van der Waals surface area contributed by atoms with Crippen LogP contribution in [0, 0.1) is 5.92 Å². The van der Waals surface area contributed by atoms with Crippen molar-refractivity contribution >= 4 is 21.8 Å². The van der Waals surface area contributed by atoms with E-state index in [1.165, 1.54) is 0 Å². The van der Waals surface area contributed by atoms with E-state index in [4.69, 9.17) is 9.47 Å². The molecule has 0 radical (unpaired) electrons. The molecule has 1 saturated heterocycles. The molecule has 0 spiro atoms. The minimum Gasteiger partial charge on any atom is -0.454 e. The van der Waals surface area contributed by atoms with Crippen molar-refractivity contribution in [2.75, 3.05) is 13.3 Å². The van der Waals surface area contributed by atoms with Crippen molar-refractivity contribution in [3.63, 3.8) is 0 Å². The summed E-state index contributed by atoms with van der Waals surface area (Å²) in [6.07, 6.45) is 1.80. The molecule has 5 nitrogen and oxygen atoms in total. The minimum absolute atomic E-state index is 0.110. The average molecular weight is 355 g/mol. The standard InChI is InChI=1S/C15H19BrN2O3/c1-9-4-11(2-3-17-9)15(19)18-7-10-5-12(16)14-13(6-10)20-8-21-14/h5-6,9,11,17H,2-4,7-8H2,1H3,(H,18,19)/t9-,11-/m0/s1. The molecule has 1 aromatic carbocycles. The lowest BCUT2D eigenvalue weighted by Crippen LogP contribution is -2.42. The molecule has 2 aliphatic rings. The fourth-order valence-electron chi connectivity index (χ4n) is 2.83. The third-order valence-corrected chi connectivity index (χ3v) is 4.54. The Hall–Kier alpha value is -1.27. The first kappa shape index (κ1) is 14.7. The van der Waals surface area contributed by atoms with Gasteiger partial charge in [-0.15, -0.1) is 0 Å². The Bertz CT molecular complexity index is 550. The summed E-state index contributed by atoms with van der Waals surface area (Å²) in [5, 5.41) is 6.38. The number of carbonyl (C=O) groups is 1. The van der Waals surface area contributed by atoms with Gasteiger partial charge < -0.3 is 20.1 Å². The van der Waals surface area contributed by atoms with E-state index in [1.807, 2.05) is 12.1 Å². The number of benzene rings is 1. The molecule has 1 aromatic rings. The predicted molar refractivity (Wildman–Crippen MR) is 82.3 cm³/mol. The molecular weight excluding hydrogens is 336 g/mol.